The third-order valence-electron chi connectivity index (χ3n) is 5.77. The Balaban J connectivity index is 1.65. The van der Waals surface area contributed by atoms with Crippen LogP contribution in [-0.4, -0.2) is 16.4 Å². The summed E-state index contributed by atoms with van der Waals surface area (Å²) >= 11 is 5.55. The van der Waals surface area contributed by atoms with Gasteiger partial charge in [0.1, 0.15) is 0 Å². The average Bonchev–Trinajstić information content (AvgIpc) is 3.14. The minimum absolute atomic E-state index is 0.202. The molecule has 3 heterocycles. The van der Waals surface area contributed by atoms with Crippen LogP contribution in [0.15, 0.2) is 54.9 Å². The van der Waals surface area contributed by atoms with Crippen LogP contribution in [-0.2, 0) is 12.8 Å². The number of benzene rings is 2. The molecule has 0 radical (unpaired) electrons. The van der Waals surface area contributed by atoms with Gasteiger partial charge < -0.3 is 9.80 Å². The van der Waals surface area contributed by atoms with E-state index < -0.39 is 11.6 Å². The molecule has 0 aromatic heterocycles. The lowest BCUT2D eigenvalue weighted by Gasteiger charge is -2.33. The molecule has 2 aromatic carbocycles. The van der Waals surface area contributed by atoms with Gasteiger partial charge >= 0.3 is 0 Å². The Kier molecular flexibility index (Phi) is 4.27. The summed E-state index contributed by atoms with van der Waals surface area (Å²) in [6.07, 6.45) is 11.9. The van der Waals surface area contributed by atoms with E-state index in [1.165, 1.54) is 28.9 Å². The van der Waals surface area contributed by atoms with Crippen LogP contribution in [0.1, 0.15) is 41.1 Å². The molecule has 0 spiro atoms. The van der Waals surface area contributed by atoms with Crippen LogP contribution < -0.4 is 4.90 Å². The molecular formula is C23H20F2N2S. The molecule has 5 rings (SSSR count). The molecule has 3 aliphatic rings. The van der Waals surface area contributed by atoms with Crippen LogP contribution in [0.2, 0.25) is 0 Å². The fourth-order valence-corrected chi connectivity index (χ4v) is 4.81. The van der Waals surface area contributed by atoms with Gasteiger partial charge in [0.25, 0.3) is 0 Å². The van der Waals surface area contributed by atoms with Gasteiger partial charge in [-0.15, -0.1) is 0 Å². The van der Waals surface area contributed by atoms with Crippen molar-refractivity contribution in [2.24, 2.45) is 0 Å². The molecule has 5 heteroatoms. The molecule has 2 nitrogen and oxygen atoms in total. The molecule has 2 aromatic rings. The Morgan fingerprint density at radius 1 is 0.857 bits per heavy atom. The third-order valence-corrected chi connectivity index (χ3v) is 6.20. The van der Waals surface area contributed by atoms with Crippen LogP contribution in [0.3, 0.4) is 0 Å². The van der Waals surface area contributed by atoms with Crippen molar-refractivity contribution in [1.29, 1.82) is 0 Å². The van der Waals surface area contributed by atoms with Gasteiger partial charge in [0, 0.05) is 31.1 Å². The predicted octanol–water partition coefficient (Wildman–Crippen LogP) is 5.42. The van der Waals surface area contributed by atoms with E-state index in [9.17, 15) is 8.78 Å². The monoisotopic (exact) mass is 394 g/mol. The maximum Gasteiger partial charge on any atom is 0.159 e. The largest absolute Gasteiger partial charge is 0.343 e. The van der Waals surface area contributed by atoms with Crippen molar-refractivity contribution >= 4 is 22.9 Å². The first-order chi connectivity index (χ1) is 13.6. The first-order valence-corrected chi connectivity index (χ1v) is 10.0. The van der Waals surface area contributed by atoms with E-state index in [4.69, 9.17) is 12.2 Å². The lowest BCUT2D eigenvalue weighted by atomic mass is 9.90. The van der Waals surface area contributed by atoms with E-state index in [0.29, 0.717) is 0 Å². The summed E-state index contributed by atoms with van der Waals surface area (Å²) in [4.78, 5) is 5.36. The molecule has 1 unspecified atom stereocenters. The van der Waals surface area contributed by atoms with E-state index >= 15 is 0 Å². The Labute approximate surface area is 168 Å². The van der Waals surface area contributed by atoms with Gasteiger partial charge in [0.15, 0.2) is 11.6 Å². The maximum atomic E-state index is 14.0. The van der Waals surface area contributed by atoms with Gasteiger partial charge in [-0.05, 0) is 53.6 Å². The van der Waals surface area contributed by atoms with Crippen molar-refractivity contribution in [2.75, 3.05) is 11.4 Å². The molecule has 142 valence electrons. The number of hydrogen-bond donors (Lipinski definition) is 0. The van der Waals surface area contributed by atoms with Gasteiger partial charge in [0.2, 0.25) is 0 Å². The zero-order valence-corrected chi connectivity index (χ0v) is 16.2. The number of halogens is 2. The second-order valence-corrected chi connectivity index (χ2v) is 7.98. The highest BCUT2D eigenvalue weighted by molar-refractivity contribution is 7.80. The zero-order chi connectivity index (χ0) is 19.3. The molecule has 28 heavy (non-hydrogen) atoms. The van der Waals surface area contributed by atoms with Crippen LogP contribution in [0.5, 0.6) is 0 Å². The molecule has 0 N–H and O–H groups in total. The Morgan fingerprint density at radius 2 is 1.61 bits per heavy atom. The van der Waals surface area contributed by atoms with E-state index in [2.05, 4.69) is 34.1 Å². The highest BCUT2D eigenvalue weighted by Crippen LogP contribution is 2.41. The summed E-state index contributed by atoms with van der Waals surface area (Å²) in [7, 11) is 0. The summed E-state index contributed by atoms with van der Waals surface area (Å²) in [6.45, 7) is 0.935. The van der Waals surface area contributed by atoms with Crippen molar-refractivity contribution in [2.45, 2.75) is 31.7 Å². The zero-order valence-electron chi connectivity index (χ0n) is 15.4. The maximum absolute atomic E-state index is 14.0. The molecule has 0 saturated heterocycles. The Morgan fingerprint density at radius 3 is 2.36 bits per heavy atom. The number of nitrogens with zero attached hydrogens (tertiary/aromatic N) is 2. The van der Waals surface area contributed by atoms with Crippen LogP contribution in [0.25, 0.3) is 0 Å². The molecular weight excluding hydrogens is 374 g/mol. The average molecular weight is 394 g/mol. The van der Waals surface area contributed by atoms with Gasteiger partial charge in [-0.1, -0.05) is 42.6 Å². The fourth-order valence-electron chi connectivity index (χ4n) is 4.53. The normalized spacial score (nSPS) is 18.6. The topological polar surface area (TPSA) is 6.48 Å². The summed E-state index contributed by atoms with van der Waals surface area (Å²) in [5.41, 5.74) is 5.71. The molecule has 0 bridgehead atoms. The molecule has 1 atom stereocenters. The molecule has 3 aliphatic heterocycles. The number of hydrogen-bond acceptors (Lipinski definition) is 2. The van der Waals surface area contributed by atoms with Crippen molar-refractivity contribution in [3.05, 3.63) is 88.8 Å². The highest BCUT2D eigenvalue weighted by Gasteiger charge is 2.31. The molecule has 0 fully saturated rings. The molecule has 0 aliphatic carbocycles. The van der Waals surface area contributed by atoms with Crippen molar-refractivity contribution in [3.63, 3.8) is 0 Å². The number of thiocarbonyl (C=S) groups is 1. The smallest absolute Gasteiger partial charge is 0.159 e. The fraction of sp³-hybridized carbons (Fsp3) is 0.261. The van der Waals surface area contributed by atoms with Gasteiger partial charge in [-0.2, -0.15) is 0 Å². The quantitative estimate of drug-likeness (QED) is 0.642. The first-order valence-electron chi connectivity index (χ1n) is 9.63. The lowest BCUT2D eigenvalue weighted by Crippen LogP contribution is -2.31. The SMILES string of the molecule is Fc1ccc(C(c2cc3c4c(c2)CCN4C(=S)CC3)N2C=CCC=C2)cc1F. The van der Waals surface area contributed by atoms with E-state index in [-0.39, 0.29) is 6.04 Å². The highest BCUT2D eigenvalue weighted by atomic mass is 32.1. The first kappa shape index (κ1) is 17.6. The Bertz CT molecular complexity index is 1020. The summed E-state index contributed by atoms with van der Waals surface area (Å²) in [5, 5.41) is 0. The van der Waals surface area contributed by atoms with Crippen LogP contribution in [0, 0.1) is 11.6 Å². The van der Waals surface area contributed by atoms with E-state index in [1.54, 1.807) is 6.07 Å². The van der Waals surface area contributed by atoms with Crippen LogP contribution >= 0.6 is 12.2 Å². The summed E-state index contributed by atoms with van der Waals surface area (Å²) in [5.74, 6) is -1.63. The summed E-state index contributed by atoms with van der Waals surface area (Å²) in [6, 6.07) is 8.45. The van der Waals surface area contributed by atoms with Crippen LogP contribution in [0.4, 0.5) is 14.5 Å². The van der Waals surface area contributed by atoms with Crippen molar-refractivity contribution in [1.82, 2.24) is 4.90 Å². The molecule has 0 amide bonds. The van der Waals surface area contributed by atoms with E-state index in [0.717, 1.165) is 48.3 Å². The number of anilines is 1. The van der Waals surface area contributed by atoms with Crippen molar-refractivity contribution < 1.29 is 8.78 Å². The lowest BCUT2D eigenvalue weighted by molar-refractivity contribution is 0.416. The third kappa shape index (κ3) is 2.85. The minimum Gasteiger partial charge on any atom is -0.343 e. The minimum atomic E-state index is -0.819. The number of allylic oxidation sites excluding steroid dienone is 2. The van der Waals surface area contributed by atoms with Gasteiger partial charge in [0.05, 0.1) is 11.0 Å². The van der Waals surface area contributed by atoms with Crippen molar-refractivity contribution in [3.8, 4) is 0 Å². The second-order valence-electron chi connectivity index (χ2n) is 7.51. The second kappa shape index (κ2) is 6.82. The standard InChI is InChI=1S/C23H20F2N2S/c24-19-6-4-16(14-20(19)25)22(26-9-2-1-3-10-26)18-12-15-5-7-21(28)27-11-8-17(13-18)23(15)27/h2-4,6,9-10,12-14,22H,1,5,7-8,11H2. The van der Waals surface area contributed by atoms with E-state index in [1.807, 2.05) is 12.4 Å². The molecule has 0 saturated carbocycles. The number of aryl methyl sites for hydroxylation is 1. The van der Waals surface area contributed by atoms with Gasteiger partial charge in [-0.25, -0.2) is 8.78 Å². The predicted molar refractivity (Wildman–Crippen MR) is 111 cm³/mol. The number of rotatable bonds is 3. The summed E-state index contributed by atoms with van der Waals surface area (Å²) < 4.78 is 27.6. The van der Waals surface area contributed by atoms with Gasteiger partial charge in [-0.3, -0.25) is 0 Å². The Hall–Kier alpha value is -2.53.